The average Bonchev–Trinajstić information content (AvgIpc) is 2.08. The molecule has 0 bridgehead atoms. The maximum atomic E-state index is 11.0. The zero-order valence-corrected chi connectivity index (χ0v) is 9.34. The van der Waals surface area contributed by atoms with Crippen molar-refractivity contribution in [1.82, 2.24) is 0 Å². The molecule has 0 amide bonds. The predicted octanol–water partition coefficient (Wildman–Crippen LogP) is -2.00. The number of aliphatic imine (C=N–C) groups is 1. The van der Waals surface area contributed by atoms with Gasteiger partial charge in [-0.3, -0.25) is 14.8 Å². The SMILES string of the molecule is NC(N)=NCCC[C@H](N)C(=O)OP(=O)(O)O. The van der Waals surface area contributed by atoms with Gasteiger partial charge >= 0.3 is 13.8 Å². The summed E-state index contributed by atoms with van der Waals surface area (Å²) < 4.78 is 14.1. The summed E-state index contributed by atoms with van der Waals surface area (Å²) in [6.07, 6.45) is 0.560. The summed E-state index contributed by atoms with van der Waals surface area (Å²) in [6, 6.07) is -1.11. The van der Waals surface area contributed by atoms with Crippen LogP contribution < -0.4 is 17.2 Å². The van der Waals surface area contributed by atoms with Crippen LogP contribution in [0.5, 0.6) is 0 Å². The van der Waals surface area contributed by atoms with Crippen molar-refractivity contribution in [2.45, 2.75) is 18.9 Å². The lowest BCUT2D eigenvalue weighted by Gasteiger charge is -2.10. The molecule has 0 spiro atoms. The highest BCUT2D eigenvalue weighted by Gasteiger charge is 2.24. The molecule has 0 aromatic carbocycles. The number of carbonyl (C=O) groups excluding carboxylic acids is 1. The van der Waals surface area contributed by atoms with Gasteiger partial charge in [0.1, 0.15) is 6.04 Å². The molecular formula is C6H15N4O5P. The fourth-order valence-corrected chi connectivity index (χ4v) is 1.19. The minimum absolute atomic E-state index is 0.0774. The Kier molecular flexibility index (Phi) is 5.97. The summed E-state index contributed by atoms with van der Waals surface area (Å²) in [5.41, 5.74) is 15.4. The molecule has 0 aliphatic carbocycles. The molecular weight excluding hydrogens is 239 g/mol. The number of phosphoric ester groups is 1. The Hall–Kier alpha value is -1.15. The average molecular weight is 254 g/mol. The number of rotatable bonds is 6. The third-order valence-electron chi connectivity index (χ3n) is 1.48. The van der Waals surface area contributed by atoms with Crippen molar-refractivity contribution in [3.05, 3.63) is 0 Å². The first kappa shape index (κ1) is 14.8. The highest BCUT2D eigenvalue weighted by atomic mass is 31.2. The molecule has 9 nitrogen and oxygen atoms in total. The second-order valence-electron chi connectivity index (χ2n) is 2.96. The number of hydrogen-bond acceptors (Lipinski definition) is 5. The monoisotopic (exact) mass is 254 g/mol. The summed E-state index contributed by atoms with van der Waals surface area (Å²) in [5, 5.41) is 0. The van der Waals surface area contributed by atoms with Crippen LogP contribution in [0, 0.1) is 0 Å². The van der Waals surface area contributed by atoms with Gasteiger partial charge in [0.2, 0.25) is 0 Å². The van der Waals surface area contributed by atoms with Gasteiger partial charge in [0.05, 0.1) is 0 Å². The molecule has 0 aliphatic rings. The number of phosphoric acid groups is 1. The zero-order chi connectivity index (χ0) is 12.8. The minimum Gasteiger partial charge on any atom is -0.370 e. The van der Waals surface area contributed by atoms with Crippen LogP contribution in [0.25, 0.3) is 0 Å². The molecule has 0 heterocycles. The molecule has 0 aliphatic heterocycles. The lowest BCUT2D eigenvalue weighted by atomic mass is 10.2. The van der Waals surface area contributed by atoms with Crippen molar-refractivity contribution in [3.63, 3.8) is 0 Å². The summed E-state index contributed by atoms with van der Waals surface area (Å²) in [5.74, 6) is -1.23. The van der Waals surface area contributed by atoms with E-state index < -0.39 is 19.8 Å². The fourth-order valence-electron chi connectivity index (χ4n) is 0.822. The number of nitrogens with two attached hydrogens (primary N) is 3. The largest absolute Gasteiger partial charge is 0.527 e. The first-order chi connectivity index (χ1) is 7.22. The standard InChI is InChI=1S/C6H15N4O5P/c7-4(2-1-3-10-6(8)9)5(11)15-16(12,13)14/h4H,1-3,7H2,(H4,8,9,10)(H2,12,13,14)/t4-/m0/s1. The third-order valence-corrected chi connectivity index (χ3v) is 1.90. The van der Waals surface area contributed by atoms with Gasteiger partial charge in [-0.1, -0.05) is 0 Å². The van der Waals surface area contributed by atoms with E-state index in [1.165, 1.54) is 0 Å². The Morgan fingerprint density at radius 1 is 1.44 bits per heavy atom. The highest BCUT2D eigenvalue weighted by molar-refractivity contribution is 7.46. The molecule has 16 heavy (non-hydrogen) atoms. The zero-order valence-electron chi connectivity index (χ0n) is 8.44. The Bertz CT molecular complexity index is 310. The van der Waals surface area contributed by atoms with Crippen LogP contribution in [0.4, 0.5) is 0 Å². The van der Waals surface area contributed by atoms with E-state index in [0.717, 1.165) is 0 Å². The van der Waals surface area contributed by atoms with E-state index >= 15 is 0 Å². The molecule has 1 atom stereocenters. The Morgan fingerprint density at radius 3 is 2.44 bits per heavy atom. The Labute approximate surface area is 91.9 Å². The van der Waals surface area contributed by atoms with Gasteiger partial charge in [-0.25, -0.2) is 9.36 Å². The van der Waals surface area contributed by atoms with Crippen molar-refractivity contribution in [1.29, 1.82) is 0 Å². The van der Waals surface area contributed by atoms with Crippen LogP contribution in [-0.4, -0.2) is 34.3 Å². The van der Waals surface area contributed by atoms with Crippen LogP contribution in [0.3, 0.4) is 0 Å². The molecule has 0 aromatic heterocycles. The van der Waals surface area contributed by atoms with Gasteiger partial charge in [0, 0.05) is 6.54 Å². The molecule has 8 N–H and O–H groups in total. The van der Waals surface area contributed by atoms with E-state index in [9.17, 15) is 9.36 Å². The molecule has 0 unspecified atom stereocenters. The number of nitrogens with zero attached hydrogens (tertiary/aromatic N) is 1. The van der Waals surface area contributed by atoms with Crippen LogP contribution in [0.2, 0.25) is 0 Å². The smallest absolute Gasteiger partial charge is 0.370 e. The third kappa shape index (κ3) is 8.18. The highest BCUT2D eigenvalue weighted by Crippen LogP contribution is 2.36. The second kappa shape index (κ2) is 6.44. The van der Waals surface area contributed by atoms with Crippen LogP contribution in [-0.2, 0) is 13.9 Å². The van der Waals surface area contributed by atoms with Gasteiger partial charge in [0.15, 0.2) is 5.96 Å². The van der Waals surface area contributed by atoms with Crippen LogP contribution >= 0.6 is 7.82 Å². The van der Waals surface area contributed by atoms with Gasteiger partial charge < -0.3 is 21.7 Å². The van der Waals surface area contributed by atoms with E-state index in [4.69, 9.17) is 27.0 Å². The summed E-state index contributed by atoms with van der Waals surface area (Å²) >= 11 is 0. The molecule has 0 saturated carbocycles. The van der Waals surface area contributed by atoms with Gasteiger partial charge in [-0.15, -0.1) is 0 Å². The van der Waals surface area contributed by atoms with Crippen molar-refractivity contribution in [2.75, 3.05) is 6.54 Å². The second-order valence-corrected chi connectivity index (χ2v) is 4.12. The molecule has 0 rings (SSSR count). The molecule has 0 fully saturated rings. The Morgan fingerprint density at radius 2 is 2.00 bits per heavy atom. The molecule has 10 heteroatoms. The topological polar surface area (TPSA) is 174 Å². The number of hydrogen-bond donors (Lipinski definition) is 5. The summed E-state index contributed by atoms with van der Waals surface area (Å²) in [6.45, 7) is 0.277. The maximum absolute atomic E-state index is 11.0. The molecule has 0 aromatic rings. The van der Waals surface area contributed by atoms with Gasteiger partial charge in [-0.2, -0.15) is 0 Å². The summed E-state index contributed by atoms with van der Waals surface area (Å²) in [7, 11) is -4.83. The summed E-state index contributed by atoms with van der Waals surface area (Å²) in [4.78, 5) is 31.3. The van der Waals surface area contributed by atoms with Gasteiger partial charge in [-0.05, 0) is 12.8 Å². The van der Waals surface area contributed by atoms with E-state index in [-0.39, 0.29) is 18.9 Å². The molecule has 0 radical (unpaired) electrons. The molecule has 0 saturated heterocycles. The quantitative estimate of drug-likeness (QED) is 0.156. The van der Waals surface area contributed by atoms with E-state index in [2.05, 4.69) is 9.52 Å². The maximum Gasteiger partial charge on any atom is 0.527 e. The first-order valence-corrected chi connectivity index (χ1v) is 5.85. The van der Waals surface area contributed by atoms with E-state index in [1.54, 1.807) is 0 Å². The number of carbonyl (C=O) groups is 1. The van der Waals surface area contributed by atoms with Crippen molar-refractivity contribution in [2.24, 2.45) is 22.2 Å². The van der Waals surface area contributed by atoms with E-state index in [1.807, 2.05) is 0 Å². The predicted molar refractivity (Wildman–Crippen MR) is 56.0 cm³/mol. The van der Waals surface area contributed by atoms with Crippen molar-refractivity contribution in [3.8, 4) is 0 Å². The lowest BCUT2D eigenvalue weighted by Crippen LogP contribution is -2.32. The van der Waals surface area contributed by atoms with Crippen molar-refractivity contribution < 1.29 is 23.7 Å². The number of guanidine groups is 1. The van der Waals surface area contributed by atoms with Crippen LogP contribution in [0.15, 0.2) is 4.99 Å². The minimum atomic E-state index is -4.83. The van der Waals surface area contributed by atoms with Crippen LogP contribution in [0.1, 0.15) is 12.8 Å². The fraction of sp³-hybridized carbons (Fsp3) is 0.667. The lowest BCUT2D eigenvalue weighted by molar-refractivity contribution is -0.137. The normalized spacial score (nSPS) is 12.9. The molecule has 94 valence electrons. The van der Waals surface area contributed by atoms with Crippen molar-refractivity contribution >= 4 is 19.8 Å². The van der Waals surface area contributed by atoms with E-state index in [0.29, 0.717) is 6.42 Å². The Balaban J connectivity index is 3.89. The first-order valence-electron chi connectivity index (χ1n) is 4.32. The van der Waals surface area contributed by atoms with Gasteiger partial charge in [0.25, 0.3) is 0 Å².